The molecule has 2 rings (SSSR count). The van der Waals surface area contributed by atoms with Crippen molar-refractivity contribution in [3.05, 3.63) is 0 Å². The minimum atomic E-state index is -0.743. The number of hydrogen-bond donors (Lipinski definition) is 2. The van der Waals surface area contributed by atoms with Crippen molar-refractivity contribution < 1.29 is 9.90 Å². The quantitative estimate of drug-likeness (QED) is 0.726. The molecule has 1 aliphatic carbocycles. The molecule has 0 radical (unpaired) electrons. The van der Waals surface area contributed by atoms with Crippen molar-refractivity contribution in [3.63, 3.8) is 0 Å². The van der Waals surface area contributed by atoms with Gasteiger partial charge in [0.15, 0.2) is 0 Å². The van der Waals surface area contributed by atoms with Crippen LogP contribution in [0.5, 0.6) is 0 Å². The molecule has 0 aromatic carbocycles. The lowest BCUT2D eigenvalue weighted by Crippen LogP contribution is -2.61. The predicted molar refractivity (Wildman–Crippen MR) is 79.9 cm³/mol. The number of rotatable bonds is 7. The van der Waals surface area contributed by atoms with Crippen molar-refractivity contribution in [2.24, 2.45) is 5.92 Å². The van der Waals surface area contributed by atoms with Crippen LogP contribution in [0.2, 0.25) is 0 Å². The third kappa shape index (κ3) is 3.32. The first kappa shape index (κ1) is 15.7. The Hall–Kier alpha value is -0.650. The van der Waals surface area contributed by atoms with Crippen molar-refractivity contribution in [3.8, 4) is 0 Å². The van der Waals surface area contributed by atoms with E-state index in [1.807, 2.05) is 6.92 Å². The lowest BCUT2D eigenvalue weighted by atomic mass is 9.91. The van der Waals surface area contributed by atoms with Gasteiger partial charge >= 0.3 is 5.97 Å². The fraction of sp³-hybridized carbons (Fsp3) is 0.933. The molecule has 2 fully saturated rings. The summed E-state index contributed by atoms with van der Waals surface area (Å²) in [5, 5.41) is 13.0. The monoisotopic (exact) mass is 283 g/mol. The maximum Gasteiger partial charge on any atom is 0.325 e. The van der Waals surface area contributed by atoms with Crippen LogP contribution in [0.1, 0.15) is 32.6 Å². The van der Waals surface area contributed by atoms with E-state index in [0.717, 1.165) is 38.8 Å². The van der Waals surface area contributed by atoms with Crippen molar-refractivity contribution in [1.29, 1.82) is 0 Å². The smallest absolute Gasteiger partial charge is 0.325 e. The number of piperidine rings is 1. The number of aliphatic carboxylic acids is 1. The number of hydrogen-bond acceptors (Lipinski definition) is 4. The first-order valence-electron chi connectivity index (χ1n) is 7.86. The largest absolute Gasteiger partial charge is 0.480 e. The van der Waals surface area contributed by atoms with Gasteiger partial charge in [-0.05, 0) is 65.3 Å². The Morgan fingerprint density at radius 2 is 1.95 bits per heavy atom. The van der Waals surface area contributed by atoms with Gasteiger partial charge in [-0.15, -0.1) is 0 Å². The zero-order valence-electron chi connectivity index (χ0n) is 13.1. The molecule has 1 atom stereocenters. The number of likely N-dealkylation sites (tertiary alicyclic amines) is 1. The highest BCUT2D eigenvalue weighted by atomic mass is 16.4. The molecule has 2 aliphatic rings. The van der Waals surface area contributed by atoms with Crippen LogP contribution < -0.4 is 5.32 Å². The fourth-order valence-corrected chi connectivity index (χ4v) is 3.50. The number of nitrogens with zero attached hydrogens (tertiary/aromatic N) is 2. The van der Waals surface area contributed by atoms with Gasteiger partial charge in [-0.3, -0.25) is 4.79 Å². The topological polar surface area (TPSA) is 55.8 Å². The number of likely N-dealkylation sites (N-methyl/N-ethyl adjacent to an activating group) is 2. The number of carboxylic acids is 1. The highest BCUT2D eigenvalue weighted by Crippen LogP contribution is 2.40. The molecule has 0 bridgehead atoms. The molecule has 5 nitrogen and oxygen atoms in total. The molecule has 116 valence electrons. The van der Waals surface area contributed by atoms with E-state index >= 15 is 0 Å². The number of carbonyl (C=O) groups is 1. The first-order valence-corrected chi connectivity index (χ1v) is 7.86. The zero-order valence-corrected chi connectivity index (χ0v) is 13.1. The standard InChI is InChI=1S/C15H29N3O2/c1-4-16-15(14(19)20,12-5-6-12)11-18(3)13-7-9-17(2)10-8-13/h12-13,16H,4-11H2,1-3H3,(H,19,20). The summed E-state index contributed by atoms with van der Waals surface area (Å²) in [7, 11) is 4.24. The average Bonchev–Trinajstić information content (AvgIpc) is 3.23. The summed E-state index contributed by atoms with van der Waals surface area (Å²) in [5.74, 6) is -0.379. The molecule has 0 spiro atoms. The van der Waals surface area contributed by atoms with Crippen LogP contribution in [0.15, 0.2) is 0 Å². The maximum atomic E-state index is 11.9. The van der Waals surface area contributed by atoms with E-state index < -0.39 is 11.5 Å². The van der Waals surface area contributed by atoms with Crippen LogP contribution in [0.4, 0.5) is 0 Å². The van der Waals surface area contributed by atoms with Crippen LogP contribution in [0, 0.1) is 5.92 Å². The van der Waals surface area contributed by atoms with Crippen molar-refractivity contribution in [1.82, 2.24) is 15.1 Å². The van der Waals surface area contributed by atoms with Gasteiger partial charge in [-0.25, -0.2) is 0 Å². The van der Waals surface area contributed by atoms with E-state index in [1.54, 1.807) is 0 Å². The van der Waals surface area contributed by atoms with Crippen LogP contribution in [0.25, 0.3) is 0 Å². The predicted octanol–water partition coefficient (Wildman–Crippen LogP) is 0.855. The Morgan fingerprint density at radius 3 is 2.40 bits per heavy atom. The lowest BCUT2D eigenvalue weighted by molar-refractivity contribution is -0.147. The van der Waals surface area contributed by atoms with Gasteiger partial charge in [0.2, 0.25) is 0 Å². The SMILES string of the molecule is CCNC(CN(C)C1CCN(C)CC1)(C(=O)O)C1CC1. The summed E-state index contributed by atoms with van der Waals surface area (Å²) in [5.41, 5.74) is -0.743. The number of nitrogens with one attached hydrogen (secondary N) is 1. The van der Waals surface area contributed by atoms with Gasteiger partial charge in [-0.2, -0.15) is 0 Å². The summed E-state index contributed by atoms with van der Waals surface area (Å²) in [6, 6.07) is 0.516. The van der Waals surface area contributed by atoms with E-state index in [1.165, 1.54) is 0 Å². The average molecular weight is 283 g/mol. The summed E-state index contributed by atoms with van der Waals surface area (Å²) in [4.78, 5) is 16.5. The third-order valence-electron chi connectivity index (χ3n) is 4.96. The molecule has 20 heavy (non-hydrogen) atoms. The number of carboxylic acid groups (broad SMARTS) is 1. The first-order chi connectivity index (χ1) is 9.49. The van der Waals surface area contributed by atoms with E-state index in [-0.39, 0.29) is 0 Å². The second-order valence-corrected chi connectivity index (χ2v) is 6.53. The van der Waals surface area contributed by atoms with Gasteiger partial charge < -0.3 is 20.2 Å². The molecular formula is C15H29N3O2. The molecule has 0 aromatic heterocycles. The summed E-state index contributed by atoms with van der Waals surface area (Å²) < 4.78 is 0. The van der Waals surface area contributed by atoms with E-state index in [2.05, 4.69) is 29.2 Å². The van der Waals surface area contributed by atoms with E-state index in [9.17, 15) is 9.90 Å². The normalized spacial score (nSPS) is 24.8. The van der Waals surface area contributed by atoms with Gasteiger partial charge in [0.05, 0.1) is 0 Å². The Morgan fingerprint density at radius 1 is 1.35 bits per heavy atom. The Labute approximate surface area is 122 Å². The zero-order chi connectivity index (χ0) is 14.8. The summed E-state index contributed by atoms with van der Waals surface area (Å²) in [6.45, 7) is 5.55. The summed E-state index contributed by atoms with van der Waals surface area (Å²) >= 11 is 0. The molecule has 1 aliphatic heterocycles. The van der Waals surface area contributed by atoms with Crippen LogP contribution in [0.3, 0.4) is 0 Å². The molecule has 0 amide bonds. The van der Waals surface area contributed by atoms with Crippen LogP contribution in [-0.2, 0) is 4.79 Å². The molecule has 1 heterocycles. The van der Waals surface area contributed by atoms with Crippen LogP contribution >= 0.6 is 0 Å². The lowest BCUT2D eigenvalue weighted by Gasteiger charge is -2.40. The Balaban J connectivity index is 2.01. The van der Waals surface area contributed by atoms with E-state index in [0.29, 0.717) is 25.0 Å². The van der Waals surface area contributed by atoms with Crippen molar-refractivity contribution in [2.75, 3.05) is 40.3 Å². The molecular weight excluding hydrogens is 254 g/mol. The third-order valence-corrected chi connectivity index (χ3v) is 4.96. The van der Waals surface area contributed by atoms with Crippen LogP contribution in [-0.4, -0.2) is 72.7 Å². The molecule has 2 N–H and O–H groups in total. The molecule has 1 unspecified atom stereocenters. The minimum Gasteiger partial charge on any atom is -0.480 e. The Bertz CT molecular complexity index is 338. The second-order valence-electron chi connectivity index (χ2n) is 6.53. The summed E-state index contributed by atoms with van der Waals surface area (Å²) in [6.07, 6.45) is 4.36. The fourth-order valence-electron chi connectivity index (χ4n) is 3.50. The minimum absolute atomic E-state index is 0.300. The van der Waals surface area contributed by atoms with Crippen molar-refractivity contribution >= 4 is 5.97 Å². The maximum absolute atomic E-state index is 11.9. The van der Waals surface area contributed by atoms with Crippen molar-refractivity contribution in [2.45, 2.75) is 44.2 Å². The molecule has 1 saturated carbocycles. The highest BCUT2D eigenvalue weighted by molar-refractivity contribution is 5.80. The Kier molecular flexibility index (Phi) is 5.04. The highest BCUT2D eigenvalue weighted by Gasteiger charge is 2.51. The van der Waals surface area contributed by atoms with Gasteiger partial charge in [0, 0.05) is 12.6 Å². The van der Waals surface area contributed by atoms with E-state index in [4.69, 9.17) is 0 Å². The second kappa shape index (κ2) is 6.41. The van der Waals surface area contributed by atoms with Gasteiger partial charge in [-0.1, -0.05) is 6.92 Å². The molecule has 1 saturated heterocycles. The van der Waals surface area contributed by atoms with Gasteiger partial charge in [0.25, 0.3) is 0 Å². The van der Waals surface area contributed by atoms with Gasteiger partial charge in [0.1, 0.15) is 5.54 Å². The molecule has 0 aromatic rings. The molecule has 5 heteroatoms.